The smallest absolute Gasteiger partial charge is 0.241 e. The maximum atomic E-state index is 12.2. The molecular formula is C14H18N2O2S. The summed E-state index contributed by atoms with van der Waals surface area (Å²) < 4.78 is 27.1. The molecule has 2 N–H and O–H groups in total. The van der Waals surface area contributed by atoms with Crippen molar-refractivity contribution in [3.63, 3.8) is 0 Å². The molecule has 0 unspecified atom stereocenters. The van der Waals surface area contributed by atoms with Gasteiger partial charge in [-0.2, -0.15) is 0 Å². The molecule has 0 bridgehead atoms. The van der Waals surface area contributed by atoms with E-state index in [1.165, 1.54) is 0 Å². The standard InChI is InChI=1S/C14H18N2O2S/c1-10-6-4-5-7-14(10)19(17,18)15-9-13-8-11(2)16-12(13)3/h4-8,15-16H,9H2,1-3H3. The third-order valence-electron chi connectivity index (χ3n) is 3.09. The van der Waals surface area contributed by atoms with Gasteiger partial charge in [-0.3, -0.25) is 0 Å². The molecule has 0 radical (unpaired) electrons. The van der Waals surface area contributed by atoms with Gasteiger partial charge in [0, 0.05) is 17.9 Å². The number of hydrogen-bond donors (Lipinski definition) is 2. The van der Waals surface area contributed by atoms with Crippen LogP contribution >= 0.6 is 0 Å². The number of sulfonamides is 1. The Bertz CT molecular complexity index is 687. The van der Waals surface area contributed by atoms with Gasteiger partial charge in [0.05, 0.1) is 4.90 Å². The van der Waals surface area contributed by atoms with Gasteiger partial charge in [-0.1, -0.05) is 18.2 Å². The fourth-order valence-electron chi connectivity index (χ4n) is 2.07. The summed E-state index contributed by atoms with van der Waals surface area (Å²) in [7, 11) is -3.46. The molecule has 0 fully saturated rings. The Morgan fingerprint density at radius 2 is 1.84 bits per heavy atom. The second kappa shape index (κ2) is 5.19. The Hall–Kier alpha value is -1.59. The number of aryl methyl sites for hydroxylation is 3. The molecule has 0 aliphatic carbocycles. The van der Waals surface area contributed by atoms with E-state index < -0.39 is 10.0 Å². The minimum atomic E-state index is -3.46. The van der Waals surface area contributed by atoms with E-state index in [1.807, 2.05) is 26.0 Å². The lowest BCUT2D eigenvalue weighted by Gasteiger charge is -2.08. The van der Waals surface area contributed by atoms with Gasteiger partial charge in [-0.05, 0) is 44.0 Å². The molecule has 4 nitrogen and oxygen atoms in total. The quantitative estimate of drug-likeness (QED) is 0.902. The van der Waals surface area contributed by atoms with Crippen molar-refractivity contribution >= 4 is 10.0 Å². The van der Waals surface area contributed by atoms with Crippen LogP contribution in [-0.2, 0) is 16.6 Å². The minimum absolute atomic E-state index is 0.298. The molecule has 0 spiro atoms. The number of benzene rings is 1. The van der Waals surface area contributed by atoms with E-state index in [2.05, 4.69) is 9.71 Å². The van der Waals surface area contributed by atoms with Crippen LogP contribution in [0.2, 0.25) is 0 Å². The second-order valence-corrected chi connectivity index (χ2v) is 6.43. The molecule has 2 aromatic rings. The highest BCUT2D eigenvalue weighted by molar-refractivity contribution is 7.89. The van der Waals surface area contributed by atoms with E-state index in [0.29, 0.717) is 11.4 Å². The molecule has 5 heteroatoms. The van der Waals surface area contributed by atoms with Crippen molar-refractivity contribution in [2.45, 2.75) is 32.2 Å². The van der Waals surface area contributed by atoms with E-state index >= 15 is 0 Å². The molecule has 0 atom stereocenters. The van der Waals surface area contributed by atoms with Gasteiger partial charge in [0.1, 0.15) is 0 Å². The zero-order valence-electron chi connectivity index (χ0n) is 11.3. The summed E-state index contributed by atoms with van der Waals surface area (Å²) in [6.45, 7) is 5.98. The largest absolute Gasteiger partial charge is 0.362 e. The van der Waals surface area contributed by atoms with Gasteiger partial charge in [0.2, 0.25) is 10.0 Å². The lowest BCUT2D eigenvalue weighted by Crippen LogP contribution is -2.24. The molecule has 0 aliphatic rings. The number of nitrogens with one attached hydrogen (secondary N) is 2. The Morgan fingerprint density at radius 3 is 2.42 bits per heavy atom. The van der Waals surface area contributed by atoms with Gasteiger partial charge in [-0.25, -0.2) is 13.1 Å². The van der Waals surface area contributed by atoms with Crippen molar-refractivity contribution in [1.82, 2.24) is 9.71 Å². The first kappa shape index (κ1) is 13.8. The van der Waals surface area contributed by atoms with Crippen LogP contribution in [0.3, 0.4) is 0 Å². The molecule has 19 heavy (non-hydrogen) atoms. The lowest BCUT2D eigenvalue weighted by molar-refractivity contribution is 0.580. The van der Waals surface area contributed by atoms with E-state index in [4.69, 9.17) is 0 Å². The lowest BCUT2D eigenvalue weighted by atomic mass is 10.2. The molecule has 102 valence electrons. The fraction of sp³-hybridized carbons (Fsp3) is 0.286. The number of rotatable bonds is 4. The predicted octanol–water partition coefficient (Wildman–Crippen LogP) is 2.42. The highest BCUT2D eigenvalue weighted by Gasteiger charge is 2.16. The van der Waals surface area contributed by atoms with Crippen molar-refractivity contribution in [3.8, 4) is 0 Å². The van der Waals surface area contributed by atoms with Crippen LogP contribution in [0, 0.1) is 20.8 Å². The Labute approximate surface area is 113 Å². The second-order valence-electron chi connectivity index (χ2n) is 4.69. The SMILES string of the molecule is Cc1cc(CNS(=O)(=O)c2ccccc2C)c(C)[nH]1. The van der Waals surface area contributed by atoms with Crippen LogP contribution in [0.15, 0.2) is 35.2 Å². The van der Waals surface area contributed by atoms with Crippen LogP contribution in [0.1, 0.15) is 22.5 Å². The number of hydrogen-bond acceptors (Lipinski definition) is 2. The van der Waals surface area contributed by atoms with Gasteiger partial charge in [0.15, 0.2) is 0 Å². The van der Waals surface area contributed by atoms with Gasteiger partial charge in [-0.15, -0.1) is 0 Å². The summed E-state index contributed by atoms with van der Waals surface area (Å²) in [5, 5.41) is 0. The predicted molar refractivity (Wildman–Crippen MR) is 75.5 cm³/mol. The van der Waals surface area contributed by atoms with Crippen molar-refractivity contribution in [2.24, 2.45) is 0 Å². The van der Waals surface area contributed by atoms with E-state index in [1.54, 1.807) is 25.1 Å². The number of H-pyrrole nitrogens is 1. The Kier molecular flexibility index (Phi) is 3.78. The zero-order valence-corrected chi connectivity index (χ0v) is 12.1. The maximum absolute atomic E-state index is 12.2. The monoisotopic (exact) mass is 278 g/mol. The number of aromatic amines is 1. The first-order chi connectivity index (χ1) is 8.90. The van der Waals surface area contributed by atoms with Crippen LogP contribution in [-0.4, -0.2) is 13.4 Å². The van der Waals surface area contributed by atoms with Gasteiger partial charge < -0.3 is 4.98 Å². The molecule has 2 rings (SSSR count). The summed E-state index contributed by atoms with van der Waals surface area (Å²) in [6, 6.07) is 8.92. The highest BCUT2D eigenvalue weighted by Crippen LogP contribution is 2.15. The van der Waals surface area contributed by atoms with E-state index in [9.17, 15) is 8.42 Å². The molecule has 1 aromatic heterocycles. The molecule has 0 saturated carbocycles. The molecule has 1 aromatic carbocycles. The summed E-state index contributed by atoms with van der Waals surface area (Å²) >= 11 is 0. The normalized spacial score (nSPS) is 11.7. The van der Waals surface area contributed by atoms with Crippen LogP contribution in [0.4, 0.5) is 0 Å². The molecular weight excluding hydrogens is 260 g/mol. The highest BCUT2D eigenvalue weighted by atomic mass is 32.2. The molecule has 0 aliphatic heterocycles. The summed E-state index contributed by atoms with van der Waals surface area (Å²) in [4.78, 5) is 3.49. The summed E-state index contributed by atoms with van der Waals surface area (Å²) in [6.07, 6.45) is 0. The first-order valence-corrected chi connectivity index (χ1v) is 7.59. The topological polar surface area (TPSA) is 62.0 Å². The molecule has 0 saturated heterocycles. The van der Waals surface area contributed by atoms with Crippen molar-refractivity contribution in [3.05, 3.63) is 52.8 Å². The van der Waals surface area contributed by atoms with Crippen LogP contribution in [0.5, 0.6) is 0 Å². The van der Waals surface area contributed by atoms with Crippen LogP contribution in [0.25, 0.3) is 0 Å². The van der Waals surface area contributed by atoms with E-state index in [-0.39, 0.29) is 0 Å². The fourth-order valence-corrected chi connectivity index (χ4v) is 3.32. The zero-order chi connectivity index (χ0) is 14.0. The third kappa shape index (κ3) is 3.05. The van der Waals surface area contributed by atoms with Crippen molar-refractivity contribution in [1.29, 1.82) is 0 Å². The third-order valence-corrected chi connectivity index (χ3v) is 4.65. The first-order valence-electron chi connectivity index (χ1n) is 6.10. The summed E-state index contributed by atoms with van der Waals surface area (Å²) in [5.41, 5.74) is 3.74. The van der Waals surface area contributed by atoms with Gasteiger partial charge in [0.25, 0.3) is 0 Å². The molecule has 0 amide bonds. The average Bonchev–Trinajstić information content (AvgIpc) is 2.66. The van der Waals surface area contributed by atoms with Crippen molar-refractivity contribution < 1.29 is 8.42 Å². The molecule has 1 heterocycles. The average molecular weight is 278 g/mol. The minimum Gasteiger partial charge on any atom is -0.362 e. The van der Waals surface area contributed by atoms with E-state index in [0.717, 1.165) is 22.5 Å². The van der Waals surface area contributed by atoms with Crippen LogP contribution < -0.4 is 4.72 Å². The Morgan fingerprint density at radius 1 is 1.16 bits per heavy atom. The van der Waals surface area contributed by atoms with Crippen molar-refractivity contribution in [2.75, 3.05) is 0 Å². The summed E-state index contributed by atoms with van der Waals surface area (Å²) in [5.74, 6) is 0. The number of aromatic nitrogens is 1. The van der Waals surface area contributed by atoms with Gasteiger partial charge >= 0.3 is 0 Å². The Balaban J connectivity index is 2.19. The maximum Gasteiger partial charge on any atom is 0.241 e.